The maximum absolute atomic E-state index is 8.99. The summed E-state index contributed by atoms with van der Waals surface area (Å²) in [5.74, 6) is 5.86. The molecule has 0 saturated carbocycles. The summed E-state index contributed by atoms with van der Waals surface area (Å²) in [6.45, 7) is 4.40. The Morgan fingerprint density at radius 2 is 2.32 bits per heavy atom. The predicted molar refractivity (Wildman–Crippen MR) is 81.6 cm³/mol. The fourth-order valence-electron chi connectivity index (χ4n) is 1.71. The van der Waals surface area contributed by atoms with Gasteiger partial charge in [0.1, 0.15) is 9.86 Å². The number of aliphatic hydroxyl groups excluding tert-OH is 1. The van der Waals surface area contributed by atoms with Gasteiger partial charge < -0.3 is 5.11 Å². The van der Waals surface area contributed by atoms with Gasteiger partial charge in [-0.25, -0.2) is 15.8 Å². The van der Waals surface area contributed by atoms with Crippen LogP contribution in [0.1, 0.15) is 25.1 Å². The SMILES string of the molecule is CCc1cc2c(SC(C)CCO)nc(NN)nc2s1. The van der Waals surface area contributed by atoms with Gasteiger partial charge in [-0.05, 0) is 18.9 Å². The van der Waals surface area contributed by atoms with Crippen molar-refractivity contribution in [1.29, 1.82) is 0 Å². The lowest BCUT2D eigenvalue weighted by molar-refractivity contribution is 0.289. The Balaban J connectivity index is 2.41. The molecule has 0 amide bonds. The summed E-state index contributed by atoms with van der Waals surface area (Å²) < 4.78 is 0. The zero-order valence-corrected chi connectivity index (χ0v) is 12.6. The minimum absolute atomic E-state index is 0.189. The zero-order valence-electron chi connectivity index (χ0n) is 11.0. The summed E-state index contributed by atoms with van der Waals surface area (Å²) in [7, 11) is 0. The van der Waals surface area contributed by atoms with Crippen molar-refractivity contribution in [2.75, 3.05) is 12.0 Å². The number of aliphatic hydroxyl groups is 1. The number of thiophene rings is 1. The highest BCUT2D eigenvalue weighted by Gasteiger charge is 2.14. The van der Waals surface area contributed by atoms with Gasteiger partial charge in [-0.1, -0.05) is 13.8 Å². The molecule has 5 nitrogen and oxygen atoms in total. The fourth-order valence-corrected chi connectivity index (χ4v) is 3.76. The fraction of sp³-hybridized carbons (Fsp3) is 0.500. The molecule has 4 N–H and O–H groups in total. The third-order valence-corrected chi connectivity index (χ3v) is 5.08. The Morgan fingerprint density at radius 3 is 2.95 bits per heavy atom. The van der Waals surface area contributed by atoms with Gasteiger partial charge in [0.15, 0.2) is 0 Å². The van der Waals surface area contributed by atoms with Crippen LogP contribution < -0.4 is 11.3 Å². The summed E-state index contributed by atoms with van der Waals surface area (Å²) in [5.41, 5.74) is 2.51. The van der Waals surface area contributed by atoms with Crippen molar-refractivity contribution < 1.29 is 5.11 Å². The molecule has 104 valence electrons. The number of aryl methyl sites for hydroxylation is 1. The minimum atomic E-state index is 0.189. The second-order valence-electron chi connectivity index (χ2n) is 4.22. The molecule has 2 rings (SSSR count). The number of thioether (sulfide) groups is 1. The Kier molecular flexibility index (Phi) is 4.98. The van der Waals surface area contributed by atoms with Crippen LogP contribution in [0.15, 0.2) is 11.1 Å². The first-order valence-electron chi connectivity index (χ1n) is 6.22. The molecule has 0 aliphatic rings. The molecule has 19 heavy (non-hydrogen) atoms. The van der Waals surface area contributed by atoms with Gasteiger partial charge in [-0.3, -0.25) is 5.43 Å². The highest BCUT2D eigenvalue weighted by molar-refractivity contribution is 8.00. The van der Waals surface area contributed by atoms with Crippen LogP contribution in [0.2, 0.25) is 0 Å². The van der Waals surface area contributed by atoms with Gasteiger partial charge in [-0.2, -0.15) is 0 Å². The molecular formula is C12H18N4OS2. The number of fused-ring (bicyclic) bond motifs is 1. The van der Waals surface area contributed by atoms with Crippen molar-refractivity contribution in [3.8, 4) is 0 Å². The molecule has 0 aliphatic carbocycles. The average Bonchev–Trinajstić information content (AvgIpc) is 2.82. The predicted octanol–water partition coefficient (Wildman–Crippen LogP) is 2.40. The zero-order chi connectivity index (χ0) is 13.8. The maximum atomic E-state index is 8.99. The molecule has 7 heteroatoms. The van der Waals surface area contributed by atoms with Crippen molar-refractivity contribution in [1.82, 2.24) is 9.97 Å². The van der Waals surface area contributed by atoms with E-state index in [0.717, 1.165) is 28.1 Å². The molecule has 2 heterocycles. The number of nitrogens with zero attached hydrogens (tertiary/aromatic N) is 2. The molecule has 0 fully saturated rings. The lowest BCUT2D eigenvalue weighted by Gasteiger charge is -2.10. The number of hydrazine groups is 1. The van der Waals surface area contributed by atoms with Gasteiger partial charge in [0.25, 0.3) is 0 Å². The summed E-state index contributed by atoms with van der Waals surface area (Å²) in [5, 5.41) is 11.3. The average molecular weight is 298 g/mol. The molecular weight excluding hydrogens is 280 g/mol. The summed E-state index contributed by atoms with van der Waals surface area (Å²) in [6, 6.07) is 2.15. The van der Waals surface area contributed by atoms with Crippen LogP contribution in [0.5, 0.6) is 0 Å². The molecule has 2 aromatic heterocycles. The Labute approximate surface area is 120 Å². The topological polar surface area (TPSA) is 84.1 Å². The minimum Gasteiger partial charge on any atom is -0.396 e. The first kappa shape index (κ1) is 14.5. The Hall–Kier alpha value is -0.890. The van der Waals surface area contributed by atoms with Crippen molar-refractivity contribution in [3.05, 3.63) is 10.9 Å². The maximum Gasteiger partial charge on any atom is 0.239 e. The van der Waals surface area contributed by atoms with Crippen LogP contribution in [0.3, 0.4) is 0 Å². The lowest BCUT2D eigenvalue weighted by atomic mass is 10.3. The molecule has 0 bridgehead atoms. The highest BCUT2D eigenvalue weighted by Crippen LogP contribution is 2.34. The number of rotatable bonds is 6. The summed E-state index contributed by atoms with van der Waals surface area (Å²) in [4.78, 5) is 11.1. The number of nitrogens with one attached hydrogen (secondary N) is 1. The summed E-state index contributed by atoms with van der Waals surface area (Å²) in [6.07, 6.45) is 1.73. The van der Waals surface area contributed by atoms with Gasteiger partial charge >= 0.3 is 0 Å². The van der Waals surface area contributed by atoms with Crippen LogP contribution in [0.4, 0.5) is 5.95 Å². The van der Waals surface area contributed by atoms with Gasteiger partial charge in [-0.15, -0.1) is 23.1 Å². The molecule has 0 spiro atoms. The first-order chi connectivity index (χ1) is 9.17. The largest absolute Gasteiger partial charge is 0.396 e. The molecule has 1 unspecified atom stereocenters. The third kappa shape index (κ3) is 3.36. The van der Waals surface area contributed by atoms with Crippen molar-refractivity contribution in [2.45, 2.75) is 37.0 Å². The molecule has 0 radical (unpaired) electrons. The first-order valence-corrected chi connectivity index (χ1v) is 7.92. The van der Waals surface area contributed by atoms with E-state index in [1.165, 1.54) is 4.88 Å². The van der Waals surface area contributed by atoms with Crippen molar-refractivity contribution >= 4 is 39.3 Å². The summed E-state index contributed by atoms with van der Waals surface area (Å²) >= 11 is 3.32. The van der Waals surface area contributed by atoms with Gasteiger partial charge in [0.2, 0.25) is 5.95 Å². The van der Waals surface area contributed by atoms with Crippen LogP contribution in [0, 0.1) is 0 Å². The lowest BCUT2D eigenvalue weighted by Crippen LogP contribution is -2.11. The van der Waals surface area contributed by atoms with E-state index >= 15 is 0 Å². The van der Waals surface area contributed by atoms with Crippen LogP contribution in [0.25, 0.3) is 10.2 Å². The van der Waals surface area contributed by atoms with Crippen LogP contribution in [-0.2, 0) is 6.42 Å². The molecule has 2 aromatic rings. The quantitative estimate of drug-likeness (QED) is 0.329. The Morgan fingerprint density at radius 1 is 1.53 bits per heavy atom. The van der Waals surface area contributed by atoms with Gasteiger partial charge in [0.05, 0.1) is 0 Å². The van der Waals surface area contributed by atoms with Gasteiger partial charge in [0, 0.05) is 22.1 Å². The van der Waals surface area contributed by atoms with E-state index in [1.54, 1.807) is 23.1 Å². The van der Waals surface area contributed by atoms with E-state index in [-0.39, 0.29) is 6.61 Å². The number of aromatic nitrogens is 2. The molecule has 0 saturated heterocycles. The number of nitrogen functional groups attached to an aromatic ring is 1. The van der Waals surface area contributed by atoms with Crippen LogP contribution >= 0.6 is 23.1 Å². The van der Waals surface area contributed by atoms with Crippen molar-refractivity contribution in [2.24, 2.45) is 5.84 Å². The Bertz CT molecular complexity index is 558. The molecule has 0 aliphatic heterocycles. The smallest absolute Gasteiger partial charge is 0.239 e. The normalized spacial score (nSPS) is 12.8. The number of nitrogens with two attached hydrogens (primary N) is 1. The third-order valence-electron chi connectivity index (χ3n) is 2.73. The highest BCUT2D eigenvalue weighted by atomic mass is 32.2. The number of anilines is 1. The van der Waals surface area contributed by atoms with Crippen molar-refractivity contribution in [3.63, 3.8) is 0 Å². The number of hydrogen-bond donors (Lipinski definition) is 3. The van der Waals surface area contributed by atoms with E-state index in [1.807, 2.05) is 0 Å². The van der Waals surface area contributed by atoms with E-state index in [0.29, 0.717) is 11.2 Å². The molecule has 1 atom stereocenters. The van der Waals surface area contributed by atoms with E-state index in [2.05, 4.69) is 35.3 Å². The van der Waals surface area contributed by atoms with E-state index < -0.39 is 0 Å². The van der Waals surface area contributed by atoms with Crippen LogP contribution in [-0.4, -0.2) is 26.9 Å². The standard InChI is InChI=1S/C12H18N4OS2/c1-3-8-6-9-10(18-7(2)4-5-17)14-12(16-13)15-11(9)19-8/h6-7,17H,3-5,13H2,1-2H3,(H,14,15,16). The molecule has 0 aromatic carbocycles. The number of hydrogen-bond acceptors (Lipinski definition) is 7. The second-order valence-corrected chi connectivity index (χ2v) is 6.76. The van der Waals surface area contributed by atoms with E-state index in [9.17, 15) is 0 Å². The second kappa shape index (κ2) is 6.51. The monoisotopic (exact) mass is 298 g/mol. The van der Waals surface area contributed by atoms with E-state index in [4.69, 9.17) is 10.9 Å².